The van der Waals surface area contributed by atoms with Gasteiger partial charge in [0, 0.05) is 10.6 Å². The number of nitrogens with one attached hydrogen (secondary N) is 1. The molecule has 0 spiro atoms. The molecule has 1 N–H and O–H groups in total. The number of imidazole rings is 1. The minimum Gasteiger partial charge on any atom is -0.489 e. The van der Waals surface area contributed by atoms with Gasteiger partial charge in [-0.25, -0.2) is 18.1 Å². The quantitative estimate of drug-likeness (QED) is 0.222. The Hall–Kier alpha value is -4.40. The molecule has 0 aliphatic rings. The molecule has 1 aromatic heterocycles. The van der Waals surface area contributed by atoms with Crippen LogP contribution in [0.5, 0.6) is 5.75 Å². The van der Waals surface area contributed by atoms with E-state index in [1.54, 1.807) is 42.5 Å². The van der Waals surface area contributed by atoms with Crippen LogP contribution in [0.4, 0.5) is 0 Å². The molecule has 0 saturated heterocycles. The molecule has 0 radical (unpaired) electrons. The Morgan fingerprint density at radius 2 is 1.70 bits per heavy atom. The van der Waals surface area contributed by atoms with Gasteiger partial charge in [0.25, 0.3) is 15.9 Å². The molecule has 1 heterocycles. The van der Waals surface area contributed by atoms with Gasteiger partial charge in [-0.1, -0.05) is 72.3 Å². The number of halogens is 1. The van der Waals surface area contributed by atoms with Crippen LogP contribution in [-0.2, 0) is 23.2 Å². The number of carbonyl (C=O) groups excluding carboxylic acids is 1. The van der Waals surface area contributed by atoms with Gasteiger partial charge in [-0.3, -0.25) is 4.79 Å². The highest BCUT2D eigenvalue weighted by molar-refractivity contribution is 7.93. The third kappa shape index (κ3) is 6.59. The molecule has 0 aliphatic heterocycles. The fourth-order valence-corrected chi connectivity index (χ4v) is 5.24. The lowest BCUT2D eigenvalue weighted by molar-refractivity contribution is 0.0982. The normalized spacial score (nSPS) is 11.7. The number of aromatic nitrogens is 2. The number of aryl methyl sites for hydroxylation is 1. The first kappa shape index (κ1) is 27.2. The van der Waals surface area contributed by atoms with E-state index in [-0.39, 0.29) is 5.56 Å². The maximum Gasteiger partial charge on any atom is 0.265 e. The van der Waals surface area contributed by atoms with Crippen molar-refractivity contribution in [1.82, 2.24) is 14.3 Å². The molecule has 0 aliphatic carbocycles. The SMILES string of the molecule is Cc1nc2ccc(C(=O)NS(=O)(=O)/C=C/c3ccccc3)cc2n1Cc1ccc(COc2ccccc2)cc1Cl. The van der Waals surface area contributed by atoms with Crippen molar-refractivity contribution in [1.29, 1.82) is 0 Å². The van der Waals surface area contributed by atoms with E-state index in [9.17, 15) is 13.2 Å². The topological polar surface area (TPSA) is 90.3 Å². The zero-order valence-electron chi connectivity index (χ0n) is 21.6. The first-order valence-corrected chi connectivity index (χ1v) is 14.4. The number of hydrogen-bond acceptors (Lipinski definition) is 5. The summed E-state index contributed by atoms with van der Waals surface area (Å²) < 4.78 is 34.9. The fraction of sp³-hybridized carbons (Fsp3) is 0.0968. The monoisotopic (exact) mass is 571 g/mol. The van der Waals surface area contributed by atoms with Crippen molar-refractivity contribution >= 4 is 44.6 Å². The summed E-state index contributed by atoms with van der Waals surface area (Å²) in [6.07, 6.45) is 1.43. The van der Waals surface area contributed by atoms with Crippen LogP contribution in [0.25, 0.3) is 17.1 Å². The molecule has 0 unspecified atom stereocenters. The number of sulfonamides is 1. The second-order valence-corrected chi connectivity index (χ2v) is 11.1. The molecule has 0 saturated carbocycles. The predicted octanol–water partition coefficient (Wildman–Crippen LogP) is 6.36. The first-order valence-electron chi connectivity index (χ1n) is 12.5. The van der Waals surface area contributed by atoms with Crippen LogP contribution < -0.4 is 9.46 Å². The third-order valence-corrected chi connectivity index (χ3v) is 7.59. The number of ether oxygens (including phenoxy) is 1. The highest BCUT2D eigenvalue weighted by atomic mass is 35.5. The number of benzene rings is 4. The summed E-state index contributed by atoms with van der Waals surface area (Å²) in [5.41, 5.74) is 4.09. The largest absolute Gasteiger partial charge is 0.489 e. The van der Waals surface area contributed by atoms with Gasteiger partial charge in [-0.2, -0.15) is 0 Å². The Balaban J connectivity index is 1.32. The molecule has 0 fully saturated rings. The summed E-state index contributed by atoms with van der Waals surface area (Å²) in [6, 6.07) is 29.2. The summed E-state index contributed by atoms with van der Waals surface area (Å²) in [4.78, 5) is 17.5. The molecule has 5 rings (SSSR count). The Morgan fingerprint density at radius 3 is 2.42 bits per heavy atom. The molecule has 0 atom stereocenters. The van der Waals surface area contributed by atoms with Crippen molar-refractivity contribution in [2.45, 2.75) is 20.1 Å². The molecule has 4 aromatic carbocycles. The number of hydrogen-bond donors (Lipinski definition) is 1. The van der Waals surface area contributed by atoms with Crippen LogP contribution in [0, 0.1) is 6.92 Å². The number of amides is 1. The van der Waals surface area contributed by atoms with Gasteiger partial charge in [-0.05, 0) is 66.1 Å². The lowest BCUT2D eigenvalue weighted by Gasteiger charge is -2.12. The minimum atomic E-state index is -4.00. The summed E-state index contributed by atoms with van der Waals surface area (Å²) in [5.74, 6) is 0.785. The van der Waals surface area contributed by atoms with Gasteiger partial charge in [0.2, 0.25) is 0 Å². The van der Waals surface area contributed by atoms with Crippen LogP contribution in [0.15, 0.2) is 102 Å². The van der Waals surface area contributed by atoms with Crippen molar-refractivity contribution in [2.75, 3.05) is 0 Å². The summed E-state index contributed by atoms with van der Waals surface area (Å²) in [6.45, 7) is 2.68. The van der Waals surface area contributed by atoms with E-state index >= 15 is 0 Å². The third-order valence-electron chi connectivity index (χ3n) is 6.27. The first-order chi connectivity index (χ1) is 19.3. The number of para-hydroxylation sites is 1. The van der Waals surface area contributed by atoms with E-state index in [1.165, 1.54) is 6.08 Å². The average Bonchev–Trinajstić information content (AvgIpc) is 3.27. The average molecular weight is 572 g/mol. The van der Waals surface area contributed by atoms with E-state index in [1.807, 2.05) is 66.1 Å². The van der Waals surface area contributed by atoms with Gasteiger partial charge in [0.15, 0.2) is 0 Å². The highest BCUT2D eigenvalue weighted by Crippen LogP contribution is 2.24. The van der Waals surface area contributed by atoms with Crippen LogP contribution in [0.1, 0.15) is 32.9 Å². The number of carbonyl (C=O) groups is 1. The van der Waals surface area contributed by atoms with E-state index in [4.69, 9.17) is 16.3 Å². The Morgan fingerprint density at radius 1 is 0.975 bits per heavy atom. The zero-order chi connectivity index (χ0) is 28.1. The van der Waals surface area contributed by atoms with E-state index in [0.29, 0.717) is 34.8 Å². The molecule has 1 amide bonds. The lowest BCUT2D eigenvalue weighted by Crippen LogP contribution is -2.28. The predicted molar refractivity (Wildman–Crippen MR) is 158 cm³/mol. The number of fused-ring (bicyclic) bond motifs is 1. The molecule has 202 valence electrons. The van der Waals surface area contributed by atoms with Gasteiger partial charge in [-0.15, -0.1) is 0 Å². The molecular weight excluding hydrogens is 546 g/mol. The van der Waals surface area contributed by atoms with Crippen molar-refractivity contribution in [3.8, 4) is 5.75 Å². The Labute approximate surface area is 237 Å². The standard InChI is InChI=1S/C31H26ClN3O4S/c1-22-33-29-15-14-25(31(36)34-40(37,38)17-16-23-8-4-2-5-9-23)19-30(29)35(22)20-26-13-12-24(18-28(26)32)21-39-27-10-6-3-7-11-27/h2-19H,20-21H2,1H3,(H,34,36)/b17-16+. The Kier molecular flexibility index (Phi) is 8.00. The minimum absolute atomic E-state index is 0.199. The molecule has 0 bridgehead atoms. The second kappa shape index (κ2) is 11.8. The number of nitrogens with zero attached hydrogens (tertiary/aromatic N) is 2. The van der Waals surface area contributed by atoms with E-state index in [2.05, 4.69) is 9.71 Å². The smallest absolute Gasteiger partial charge is 0.265 e. The van der Waals surface area contributed by atoms with Gasteiger partial charge in [0.05, 0.1) is 23.0 Å². The molecule has 5 aromatic rings. The van der Waals surface area contributed by atoms with E-state index < -0.39 is 15.9 Å². The zero-order valence-corrected chi connectivity index (χ0v) is 23.2. The maximum atomic E-state index is 12.9. The van der Waals surface area contributed by atoms with Crippen molar-refractivity contribution < 1.29 is 17.9 Å². The molecule has 9 heteroatoms. The summed E-state index contributed by atoms with van der Waals surface area (Å²) in [7, 11) is -4.00. The van der Waals surface area contributed by atoms with Crippen molar-refractivity contribution in [3.05, 3.63) is 136 Å². The van der Waals surface area contributed by atoms with Crippen LogP contribution >= 0.6 is 11.6 Å². The number of rotatable bonds is 9. The van der Waals surface area contributed by atoms with Gasteiger partial charge >= 0.3 is 0 Å². The molecule has 7 nitrogen and oxygen atoms in total. The van der Waals surface area contributed by atoms with Crippen LogP contribution in [0.3, 0.4) is 0 Å². The fourth-order valence-electron chi connectivity index (χ4n) is 4.20. The maximum absolute atomic E-state index is 12.9. The Bertz CT molecular complexity index is 1800. The lowest BCUT2D eigenvalue weighted by atomic mass is 10.1. The van der Waals surface area contributed by atoms with E-state index in [0.717, 1.165) is 28.1 Å². The highest BCUT2D eigenvalue weighted by Gasteiger charge is 2.17. The molecule has 40 heavy (non-hydrogen) atoms. The van der Waals surface area contributed by atoms with Crippen molar-refractivity contribution in [2.24, 2.45) is 0 Å². The summed E-state index contributed by atoms with van der Waals surface area (Å²) in [5, 5.41) is 1.56. The molecular formula is C31H26ClN3O4S. The van der Waals surface area contributed by atoms with Gasteiger partial charge < -0.3 is 9.30 Å². The summed E-state index contributed by atoms with van der Waals surface area (Å²) >= 11 is 6.63. The van der Waals surface area contributed by atoms with Crippen LogP contribution in [-0.4, -0.2) is 23.9 Å². The second-order valence-electron chi connectivity index (χ2n) is 9.17. The van der Waals surface area contributed by atoms with Gasteiger partial charge in [0.1, 0.15) is 18.2 Å². The van der Waals surface area contributed by atoms with Crippen LogP contribution in [0.2, 0.25) is 5.02 Å². The van der Waals surface area contributed by atoms with Crippen molar-refractivity contribution in [3.63, 3.8) is 0 Å².